The molecule has 36 heavy (non-hydrogen) atoms. The number of carbonyl (C=O) groups excluding carboxylic acids is 2. The predicted octanol–water partition coefficient (Wildman–Crippen LogP) is 5.39. The number of halogens is 3. The van der Waals surface area contributed by atoms with Gasteiger partial charge in [-0.15, -0.1) is 13.2 Å². The molecule has 0 radical (unpaired) electrons. The number of nitrogens with zero attached hydrogens (tertiary/aromatic N) is 2. The van der Waals surface area contributed by atoms with E-state index in [0.29, 0.717) is 5.75 Å². The van der Waals surface area contributed by atoms with Gasteiger partial charge in [0.2, 0.25) is 0 Å². The number of ketones is 1. The molecule has 2 aromatic carbocycles. The molecule has 1 aliphatic rings. The number of Topliss-reactive ketones (excluding diaryl/α,β-unsaturated/α-hetero) is 1. The Balaban J connectivity index is 1.83. The number of hydrogen-bond acceptors (Lipinski definition) is 6. The number of ether oxygens (including phenoxy) is 2. The van der Waals surface area contributed by atoms with Crippen molar-refractivity contribution in [3.05, 3.63) is 89.8 Å². The smallest absolute Gasteiger partial charge is 0.507 e. The lowest BCUT2D eigenvalue weighted by Crippen LogP contribution is -2.30. The van der Waals surface area contributed by atoms with Gasteiger partial charge in [0.25, 0.3) is 11.7 Å². The fourth-order valence-electron chi connectivity index (χ4n) is 3.87. The van der Waals surface area contributed by atoms with Crippen molar-refractivity contribution in [1.29, 1.82) is 0 Å². The zero-order valence-corrected chi connectivity index (χ0v) is 19.2. The minimum Gasteiger partial charge on any atom is -0.507 e. The Morgan fingerprint density at radius 1 is 1.00 bits per heavy atom. The fraction of sp³-hybridized carbons (Fsp3) is 0.192. The lowest BCUT2D eigenvalue weighted by molar-refractivity contribution is -0.274. The van der Waals surface area contributed by atoms with Crippen molar-refractivity contribution in [3.8, 4) is 11.5 Å². The van der Waals surface area contributed by atoms with Crippen LogP contribution in [-0.4, -0.2) is 34.2 Å². The van der Waals surface area contributed by atoms with Crippen molar-refractivity contribution in [1.82, 2.24) is 4.98 Å². The molecule has 1 aliphatic heterocycles. The first-order valence-corrected chi connectivity index (χ1v) is 10.9. The van der Waals surface area contributed by atoms with E-state index in [1.54, 1.807) is 30.3 Å². The Hall–Kier alpha value is -4.34. The second-order valence-corrected chi connectivity index (χ2v) is 8.16. The van der Waals surface area contributed by atoms with Crippen LogP contribution in [0, 0.1) is 0 Å². The molecule has 186 valence electrons. The van der Waals surface area contributed by atoms with Gasteiger partial charge < -0.3 is 14.6 Å². The number of aliphatic hydroxyl groups excluding tert-OH is 1. The third kappa shape index (κ3) is 5.17. The van der Waals surface area contributed by atoms with Crippen LogP contribution in [-0.2, 0) is 9.59 Å². The van der Waals surface area contributed by atoms with Crippen molar-refractivity contribution in [2.24, 2.45) is 0 Å². The van der Waals surface area contributed by atoms with Crippen molar-refractivity contribution < 1.29 is 37.3 Å². The normalized spacial score (nSPS) is 17.5. The first kappa shape index (κ1) is 24.8. The summed E-state index contributed by atoms with van der Waals surface area (Å²) in [5.41, 5.74) is 0.201. The van der Waals surface area contributed by atoms with Crippen molar-refractivity contribution in [2.45, 2.75) is 32.4 Å². The van der Waals surface area contributed by atoms with Crippen LogP contribution in [0.15, 0.2) is 78.5 Å². The minimum atomic E-state index is -4.95. The monoisotopic (exact) mass is 498 g/mol. The van der Waals surface area contributed by atoms with E-state index in [0.717, 1.165) is 17.0 Å². The summed E-state index contributed by atoms with van der Waals surface area (Å²) in [5.74, 6) is -2.51. The highest BCUT2D eigenvalue weighted by molar-refractivity contribution is 6.51. The molecular weight excluding hydrogens is 477 g/mol. The summed E-state index contributed by atoms with van der Waals surface area (Å²) in [6.45, 7) is 3.72. The van der Waals surface area contributed by atoms with E-state index in [9.17, 15) is 27.9 Å². The van der Waals surface area contributed by atoms with E-state index in [1.165, 1.54) is 30.5 Å². The van der Waals surface area contributed by atoms with Gasteiger partial charge in [-0.05, 0) is 62.4 Å². The molecule has 4 rings (SSSR count). The number of rotatable bonds is 6. The lowest BCUT2D eigenvalue weighted by atomic mass is 9.98. The van der Waals surface area contributed by atoms with Crippen LogP contribution in [0.25, 0.3) is 5.76 Å². The molecule has 1 saturated heterocycles. The number of pyridine rings is 1. The lowest BCUT2D eigenvalue weighted by Gasteiger charge is -2.25. The third-order valence-corrected chi connectivity index (χ3v) is 5.24. The maximum absolute atomic E-state index is 13.1. The molecule has 0 bridgehead atoms. The summed E-state index contributed by atoms with van der Waals surface area (Å²) in [5, 5.41) is 11.1. The molecule has 0 aliphatic carbocycles. The van der Waals surface area contributed by atoms with Crippen LogP contribution in [0.5, 0.6) is 11.5 Å². The molecule has 10 heteroatoms. The van der Waals surface area contributed by atoms with Gasteiger partial charge in [-0.25, -0.2) is 0 Å². The molecule has 0 saturated carbocycles. The van der Waals surface area contributed by atoms with E-state index >= 15 is 0 Å². The van der Waals surface area contributed by atoms with Gasteiger partial charge in [0, 0.05) is 23.5 Å². The highest BCUT2D eigenvalue weighted by Gasteiger charge is 2.47. The van der Waals surface area contributed by atoms with Gasteiger partial charge in [-0.3, -0.25) is 19.5 Å². The summed E-state index contributed by atoms with van der Waals surface area (Å²) in [6.07, 6.45) is -3.58. The Labute approximate surface area is 204 Å². The fourth-order valence-corrected chi connectivity index (χ4v) is 3.87. The van der Waals surface area contributed by atoms with Gasteiger partial charge in [0.05, 0.1) is 17.4 Å². The Morgan fingerprint density at radius 2 is 1.72 bits per heavy atom. The molecule has 1 atom stereocenters. The van der Waals surface area contributed by atoms with Gasteiger partial charge in [-0.1, -0.05) is 12.1 Å². The highest BCUT2D eigenvalue weighted by Crippen LogP contribution is 2.42. The number of hydrogen-bond donors (Lipinski definition) is 1. The zero-order chi connectivity index (χ0) is 26.0. The van der Waals surface area contributed by atoms with Gasteiger partial charge in [-0.2, -0.15) is 0 Å². The van der Waals surface area contributed by atoms with Crippen LogP contribution >= 0.6 is 0 Å². The number of benzene rings is 2. The van der Waals surface area contributed by atoms with Crippen molar-refractivity contribution in [3.63, 3.8) is 0 Å². The predicted molar refractivity (Wildman–Crippen MR) is 124 cm³/mol. The molecule has 1 N–H and O–H groups in total. The SMILES string of the molecule is CC(C)Oc1ccc(/C(O)=C2\C(=O)C(=O)N(c3cccc(OC(F)(F)F)c3)C2c2ccccn2)cc1. The average Bonchev–Trinajstić information content (AvgIpc) is 3.09. The number of anilines is 1. The first-order valence-electron chi connectivity index (χ1n) is 10.9. The van der Waals surface area contributed by atoms with Gasteiger partial charge >= 0.3 is 6.36 Å². The summed E-state index contributed by atoms with van der Waals surface area (Å²) < 4.78 is 47.9. The average molecular weight is 498 g/mol. The van der Waals surface area contributed by atoms with Crippen LogP contribution in [0.3, 0.4) is 0 Å². The van der Waals surface area contributed by atoms with E-state index < -0.39 is 35.6 Å². The van der Waals surface area contributed by atoms with Crippen LogP contribution in [0.1, 0.15) is 31.1 Å². The van der Waals surface area contributed by atoms with E-state index in [4.69, 9.17) is 4.74 Å². The summed E-state index contributed by atoms with van der Waals surface area (Å²) in [4.78, 5) is 31.5. The number of aromatic nitrogens is 1. The third-order valence-electron chi connectivity index (χ3n) is 5.24. The van der Waals surface area contributed by atoms with Crippen molar-refractivity contribution in [2.75, 3.05) is 4.90 Å². The quantitative estimate of drug-likeness (QED) is 0.278. The first-order chi connectivity index (χ1) is 17.0. The molecule has 7 nitrogen and oxygen atoms in total. The summed E-state index contributed by atoms with van der Waals surface area (Å²) in [7, 11) is 0. The molecule has 1 unspecified atom stereocenters. The summed E-state index contributed by atoms with van der Waals surface area (Å²) in [6, 6.07) is 14.6. The standard InChI is InChI=1S/C26H21F3N2O5/c1-15(2)35-18-11-9-16(10-12-18)23(32)21-22(20-8-3-4-13-30-20)31(25(34)24(21)33)17-6-5-7-19(14-17)36-26(27,28)29/h3-15,22,32H,1-2H3/b23-21+. The van der Waals surface area contributed by atoms with Crippen molar-refractivity contribution >= 4 is 23.1 Å². The zero-order valence-electron chi connectivity index (χ0n) is 19.2. The number of carbonyl (C=O) groups is 2. The molecule has 1 aromatic heterocycles. The number of amides is 1. The van der Waals surface area contributed by atoms with Crippen LogP contribution in [0.4, 0.5) is 18.9 Å². The highest BCUT2D eigenvalue weighted by atomic mass is 19.4. The molecule has 3 aromatic rings. The van der Waals surface area contributed by atoms with Crippen LogP contribution in [0.2, 0.25) is 0 Å². The Bertz CT molecular complexity index is 1310. The van der Waals surface area contributed by atoms with E-state index in [-0.39, 0.29) is 28.6 Å². The Kier molecular flexibility index (Phi) is 6.69. The van der Waals surface area contributed by atoms with E-state index in [2.05, 4.69) is 9.72 Å². The molecule has 2 heterocycles. The topological polar surface area (TPSA) is 89.0 Å². The molecular formula is C26H21F3N2O5. The molecule has 1 fully saturated rings. The summed E-state index contributed by atoms with van der Waals surface area (Å²) >= 11 is 0. The van der Waals surface area contributed by atoms with Gasteiger partial charge in [0.15, 0.2) is 0 Å². The second-order valence-electron chi connectivity index (χ2n) is 8.16. The molecule has 1 amide bonds. The maximum atomic E-state index is 13.1. The minimum absolute atomic E-state index is 0.0331. The van der Waals surface area contributed by atoms with Gasteiger partial charge in [0.1, 0.15) is 23.3 Å². The Morgan fingerprint density at radius 3 is 2.33 bits per heavy atom. The maximum Gasteiger partial charge on any atom is 0.573 e. The molecule has 0 spiro atoms. The second kappa shape index (κ2) is 9.73. The largest absolute Gasteiger partial charge is 0.573 e. The number of aliphatic hydroxyl groups is 1. The van der Waals surface area contributed by atoms with Crippen LogP contribution < -0.4 is 14.4 Å². The van der Waals surface area contributed by atoms with E-state index in [1.807, 2.05) is 13.8 Å². The number of alkyl halides is 3.